The normalized spacial score (nSPS) is 14.9. The Kier molecular flexibility index (Phi) is 3.15. The van der Waals surface area contributed by atoms with Crippen molar-refractivity contribution in [2.45, 2.75) is 6.54 Å². The van der Waals surface area contributed by atoms with Crippen LogP contribution in [-0.4, -0.2) is 32.9 Å². The highest BCUT2D eigenvalue weighted by Crippen LogP contribution is 2.24. The number of nitro benzene ring substituents is 1. The zero-order valence-electron chi connectivity index (χ0n) is 11.0. The minimum Gasteiger partial charge on any atom is -0.316 e. The van der Waals surface area contributed by atoms with Crippen molar-refractivity contribution < 1.29 is 4.92 Å². The molecule has 2 N–H and O–H groups in total. The van der Waals surface area contributed by atoms with Gasteiger partial charge < -0.3 is 9.97 Å². The molecule has 1 aliphatic heterocycles. The first-order chi connectivity index (χ1) is 10.0. The fourth-order valence-corrected chi connectivity index (χ4v) is 2.39. The largest absolute Gasteiger partial charge is 0.316 e. The van der Waals surface area contributed by atoms with Crippen LogP contribution in [0.1, 0.15) is 5.56 Å². The van der Waals surface area contributed by atoms with E-state index in [9.17, 15) is 19.7 Å². The van der Waals surface area contributed by atoms with Crippen LogP contribution in [0.4, 0.5) is 5.69 Å². The fourth-order valence-electron chi connectivity index (χ4n) is 2.39. The molecule has 21 heavy (non-hydrogen) atoms. The number of nitro groups is 1. The summed E-state index contributed by atoms with van der Waals surface area (Å²) in [6, 6.07) is 2.83. The van der Waals surface area contributed by atoms with E-state index in [0.717, 1.165) is 13.1 Å². The summed E-state index contributed by atoms with van der Waals surface area (Å²) in [5, 5.41) is 11.2. The minimum atomic E-state index is -0.826. The minimum absolute atomic E-state index is 0.0721. The Bertz CT molecular complexity index is 857. The molecule has 1 aromatic heterocycles. The van der Waals surface area contributed by atoms with Gasteiger partial charge in [-0.3, -0.25) is 24.6 Å². The van der Waals surface area contributed by atoms with E-state index in [1.165, 1.54) is 6.07 Å². The molecule has 0 amide bonds. The summed E-state index contributed by atoms with van der Waals surface area (Å²) >= 11 is 0. The predicted molar refractivity (Wildman–Crippen MR) is 76.3 cm³/mol. The van der Waals surface area contributed by atoms with E-state index in [1.54, 1.807) is 6.07 Å². The summed E-state index contributed by atoms with van der Waals surface area (Å²) in [4.78, 5) is 40.2. The predicted octanol–water partition coefficient (Wildman–Crippen LogP) is 0.496. The van der Waals surface area contributed by atoms with Crippen LogP contribution in [0.25, 0.3) is 11.0 Å². The van der Waals surface area contributed by atoms with Crippen molar-refractivity contribution in [3.05, 3.63) is 60.7 Å². The van der Waals surface area contributed by atoms with Crippen molar-refractivity contribution in [3.8, 4) is 0 Å². The fraction of sp³-hybridized carbons (Fsp3) is 0.231. The number of aromatic amines is 2. The maximum Gasteiger partial charge on any atom is 0.314 e. The van der Waals surface area contributed by atoms with Gasteiger partial charge in [0.2, 0.25) is 0 Å². The Morgan fingerprint density at radius 2 is 1.67 bits per heavy atom. The number of nitrogens with zero attached hydrogens (tertiary/aromatic N) is 2. The number of hydrogen-bond acceptors (Lipinski definition) is 5. The highest BCUT2D eigenvalue weighted by Gasteiger charge is 2.19. The Hall–Kier alpha value is -2.74. The highest BCUT2D eigenvalue weighted by atomic mass is 16.6. The van der Waals surface area contributed by atoms with E-state index in [-0.39, 0.29) is 11.2 Å². The van der Waals surface area contributed by atoms with Crippen molar-refractivity contribution in [1.82, 2.24) is 14.9 Å². The lowest BCUT2D eigenvalue weighted by atomic mass is 10.1. The van der Waals surface area contributed by atoms with Crippen LogP contribution in [0.3, 0.4) is 0 Å². The first-order valence-electron chi connectivity index (χ1n) is 6.35. The van der Waals surface area contributed by atoms with Gasteiger partial charge in [-0.1, -0.05) is 12.2 Å². The van der Waals surface area contributed by atoms with Crippen LogP contribution in [0.2, 0.25) is 0 Å². The Morgan fingerprint density at radius 3 is 2.24 bits per heavy atom. The number of aromatic nitrogens is 2. The molecule has 0 spiro atoms. The molecule has 3 rings (SSSR count). The molecule has 0 saturated heterocycles. The van der Waals surface area contributed by atoms with Crippen LogP contribution in [-0.2, 0) is 6.54 Å². The molecule has 0 bridgehead atoms. The molecule has 1 aliphatic rings. The quantitative estimate of drug-likeness (QED) is 0.369. The molecule has 8 heteroatoms. The van der Waals surface area contributed by atoms with Crippen molar-refractivity contribution >= 4 is 16.7 Å². The molecule has 0 atom stereocenters. The second-order valence-electron chi connectivity index (χ2n) is 4.86. The Labute approximate surface area is 117 Å². The molecule has 0 saturated carbocycles. The van der Waals surface area contributed by atoms with Crippen LogP contribution in [0, 0.1) is 10.1 Å². The molecule has 0 unspecified atom stereocenters. The molecular formula is C13H12N4O4. The number of fused-ring (bicyclic) bond motifs is 1. The summed E-state index contributed by atoms with van der Waals surface area (Å²) < 4.78 is 0. The monoisotopic (exact) mass is 288 g/mol. The first kappa shape index (κ1) is 13.3. The molecule has 0 fully saturated rings. The van der Waals surface area contributed by atoms with E-state index < -0.39 is 16.0 Å². The van der Waals surface area contributed by atoms with Gasteiger partial charge in [0.05, 0.1) is 16.0 Å². The first-order valence-corrected chi connectivity index (χ1v) is 6.35. The van der Waals surface area contributed by atoms with E-state index in [1.807, 2.05) is 17.1 Å². The summed E-state index contributed by atoms with van der Waals surface area (Å²) in [6.07, 6.45) is 3.98. The summed E-state index contributed by atoms with van der Waals surface area (Å²) in [5.41, 5.74) is -0.545. The van der Waals surface area contributed by atoms with Gasteiger partial charge in [0, 0.05) is 31.3 Å². The lowest BCUT2D eigenvalue weighted by Crippen LogP contribution is -2.29. The number of nitrogens with one attached hydrogen (secondary N) is 2. The van der Waals surface area contributed by atoms with Crippen molar-refractivity contribution in [3.63, 3.8) is 0 Å². The van der Waals surface area contributed by atoms with E-state index >= 15 is 0 Å². The van der Waals surface area contributed by atoms with Crippen molar-refractivity contribution in [2.24, 2.45) is 0 Å². The molecule has 0 aliphatic carbocycles. The molecule has 2 aromatic rings. The summed E-state index contributed by atoms with van der Waals surface area (Å²) in [5.74, 6) is 0. The van der Waals surface area contributed by atoms with Crippen molar-refractivity contribution in [1.29, 1.82) is 0 Å². The maximum absolute atomic E-state index is 11.4. The van der Waals surface area contributed by atoms with Crippen LogP contribution >= 0.6 is 0 Å². The molecule has 108 valence electrons. The molecule has 8 nitrogen and oxygen atoms in total. The SMILES string of the molecule is O=c1[nH]c2cc(CN3CC=CC3)c([N+](=O)[O-])cc2[nH]c1=O. The van der Waals surface area contributed by atoms with Crippen LogP contribution < -0.4 is 11.1 Å². The van der Waals surface area contributed by atoms with E-state index in [0.29, 0.717) is 17.6 Å². The average Bonchev–Trinajstić information content (AvgIpc) is 2.92. The lowest BCUT2D eigenvalue weighted by molar-refractivity contribution is -0.385. The number of H-pyrrole nitrogens is 2. The second-order valence-corrected chi connectivity index (χ2v) is 4.86. The van der Waals surface area contributed by atoms with Gasteiger partial charge in [-0.2, -0.15) is 0 Å². The van der Waals surface area contributed by atoms with Gasteiger partial charge in [-0.05, 0) is 6.07 Å². The topological polar surface area (TPSA) is 112 Å². The lowest BCUT2D eigenvalue weighted by Gasteiger charge is -2.15. The zero-order chi connectivity index (χ0) is 15.0. The molecule has 0 radical (unpaired) electrons. The molecular weight excluding hydrogens is 276 g/mol. The van der Waals surface area contributed by atoms with E-state index in [2.05, 4.69) is 9.97 Å². The third-order valence-electron chi connectivity index (χ3n) is 3.41. The summed E-state index contributed by atoms with van der Waals surface area (Å²) in [7, 11) is 0. The van der Waals surface area contributed by atoms with Gasteiger partial charge in [-0.15, -0.1) is 0 Å². The van der Waals surface area contributed by atoms with E-state index in [4.69, 9.17) is 0 Å². The van der Waals surface area contributed by atoms with Gasteiger partial charge in [0.15, 0.2) is 0 Å². The second kappa shape index (κ2) is 4.98. The average molecular weight is 288 g/mol. The third kappa shape index (κ3) is 2.48. The Morgan fingerprint density at radius 1 is 1.10 bits per heavy atom. The summed E-state index contributed by atoms with van der Waals surface area (Å²) in [6.45, 7) is 1.87. The van der Waals surface area contributed by atoms with Crippen LogP contribution in [0.15, 0.2) is 33.9 Å². The van der Waals surface area contributed by atoms with Crippen LogP contribution in [0.5, 0.6) is 0 Å². The maximum atomic E-state index is 11.4. The third-order valence-corrected chi connectivity index (χ3v) is 3.41. The molecule has 2 heterocycles. The molecule has 1 aromatic carbocycles. The van der Waals surface area contributed by atoms with Gasteiger partial charge >= 0.3 is 11.1 Å². The van der Waals surface area contributed by atoms with Gasteiger partial charge in [-0.25, -0.2) is 0 Å². The smallest absolute Gasteiger partial charge is 0.314 e. The van der Waals surface area contributed by atoms with Gasteiger partial charge in [0.1, 0.15) is 0 Å². The number of benzene rings is 1. The highest BCUT2D eigenvalue weighted by molar-refractivity contribution is 5.78. The number of hydrogen-bond donors (Lipinski definition) is 2. The standard InChI is InChI=1S/C13H12N4O4/c18-12-13(19)15-10-6-11(17(20)21)8(5-9(10)14-12)7-16-3-1-2-4-16/h1-2,5-6H,3-4,7H2,(H,14,18)(H,15,19). The number of rotatable bonds is 3. The van der Waals surface area contributed by atoms with Crippen molar-refractivity contribution in [2.75, 3.05) is 13.1 Å². The zero-order valence-corrected chi connectivity index (χ0v) is 11.0. The Balaban J connectivity index is 2.14. The van der Waals surface area contributed by atoms with Gasteiger partial charge in [0.25, 0.3) is 5.69 Å².